The lowest BCUT2D eigenvalue weighted by Gasteiger charge is -2.46. The summed E-state index contributed by atoms with van der Waals surface area (Å²) in [5, 5.41) is 13.7. The molecule has 2 aliphatic carbocycles. The predicted molar refractivity (Wildman–Crippen MR) is 122 cm³/mol. The number of halogens is 4. The monoisotopic (exact) mass is 512 g/mol. The number of alkyl halides is 3. The van der Waals surface area contributed by atoms with Gasteiger partial charge in [-0.3, -0.25) is 9.59 Å². The number of carbonyl (C=O) groups excluding carboxylic acids is 2. The van der Waals surface area contributed by atoms with Crippen LogP contribution in [-0.4, -0.2) is 67.6 Å². The van der Waals surface area contributed by atoms with Gasteiger partial charge < -0.3 is 14.9 Å². The summed E-state index contributed by atoms with van der Waals surface area (Å²) in [5.41, 5.74) is -0.658. The predicted octanol–water partition coefficient (Wildman–Crippen LogP) is 4.25. The van der Waals surface area contributed by atoms with E-state index in [0.29, 0.717) is 42.2 Å². The highest BCUT2D eigenvalue weighted by Gasteiger charge is 2.41. The second-order valence-corrected chi connectivity index (χ2v) is 10.3. The molecule has 3 aliphatic rings. The first-order valence-electron chi connectivity index (χ1n) is 12.2. The molecule has 2 aromatic heterocycles. The molecule has 1 saturated heterocycles. The zero-order valence-corrected chi connectivity index (χ0v) is 20.1. The van der Waals surface area contributed by atoms with Crippen LogP contribution in [0.25, 0.3) is 5.52 Å². The second kappa shape index (κ2) is 8.96. The second-order valence-electron chi connectivity index (χ2n) is 9.92. The van der Waals surface area contributed by atoms with Gasteiger partial charge in [-0.1, -0.05) is 18.5 Å². The molecular formula is C24H28ClF3N4O3. The van der Waals surface area contributed by atoms with Crippen LogP contribution in [0, 0.1) is 0 Å². The number of aromatic nitrogens is 2. The van der Waals surface area contributed by atoms with Gasteiger partial charge in [0.1, 0.15) is 12.2 Å². The van der Waals surface area contributed by atoms with E-state index in [9.17, 15) is 27.9 Å². The Kier molecular flexibility index (Phi) is 6.24. The van der Waals surface area contributed by atoms with Crippen molar-refractivity contribution in [2.75, 3.05) is 13.1 Å². The molecule has 1 aliphatic heterocycles. The molecule has 2 amide bonds. The minimum atomic E-state index is -4.67. The fourth-order valence-corrected chi connectivity index (χ4v) is 5.71. The van der Waals surface area contributed by atoms with E-state index in [1.54, 1.807) is 6.07 Å². The van der Waals surface area contributed by atoms with Gasteiger partial charge in [0.15, 0.2) is 5.69 Å². The number of amides is 2. The number of rotatable bonds is 4. The van der Waals surface area contributed by atoms with Gasteiger partial charge in [0.2, 0.25) is 5.91 Å². The standard InChI is InChI=1S/C24H28ClF3N4O3/c1-2-15-11-30(12-20(34)31(15)16-5-7-17(33)8-6-16)23(35)22-21(25)18-9-14(13-3-4-13)10-19(24(26,27)28)32(18)29-22/h9-10,13,15-17,33H,2-8,11-12H2,1H3. The van der Waals surface area contributed by atoms with E-state index < -0.39 is 17.8 Å². The molecule has 0 bridgehead atoms. The van der Waals surface area contributed by atoms with Crippen LogP contribution in [0.15, 0.2) is 12.1 Å². The average molecular weight is 513 g/mol. The highest BCUT2D eigenvalue weighted by Crippen LogP contribution is 2.43. The number of fused-ring (bicyclic) bond motifs is 1. The number of aliphatic hydroxyl groups is 1. The number of piperazine rings is 1. The number of nitrogens with zero attached hydrogens (tertiary/aromatic N) is 4. The van der Waals surface area contributed by atoms with Gasteiger partial charge in [0.05, 0.1) is 16.6 Å². The molecule has 3 heterocycles. The largest absolute Gasteiger partial charge is 0.433 e. The van der Waals surface area contributed by atoms with Gasteiger partial charge in [-0.15, -0.1) is 0 Å². The third-order valence-electron chi connectivity index (χ3n) is 7.49. The van der Waals surface area contributed by atoms with Crippen molar-refractivity contribution in [3.8, 4) is 0 Å². The molecule has 2 aromatic rings. The molecule has 5 rings (SSSR count). The average Bonchev–Trinajstić information content (AvgIpc) is 3.61. The Bertz CT molecular complexity index is 1160. The quantitative estimate of drug-likeness (QED) is 0.664. The van der Waals surface area contributed by atoms with Gasteiger partial charge in [-0.25, -0.2) is 4.52 Å². The number of carbonyl (C=O) groups is 2. The van der Waals surface area contributed by atoms with Gasteiger partial charge in [-0.2, -0.15) is 18.3 Å². The number of hydrogen-bond donors (Lipinski definition) is 1. The summed E-state index contributed by atoms with van der Waals surface area (Å²) >= 11 is 6.44. The van der Waals surface area contributed by atoms with Gasteiger partial charge in [0.25, 0.3) is 5.91 Å². The van der Waals surface area contributed by atoms with Crippen molar-refractivity contribution in [3.05, 3.63) is 34.1 Å². The van der Waals surface area contributed by atoms with Gasteiger partial charge in [0, 0.05) is 18.6 Å². The Morgan fingerprint density at radius 3 is 2.46 bits per heavy atom. The molecule has 7 nitrogen and oxygen atoms in total. The highest BCUT2D eigenvalue weighted by atomic mass is 35.5. The van der Waals surface area contributed by atoms with Crippen molar-refractivity contribution in [1.82, 2.24) is 19.4 Å². The molecule has 2 saturated carbocycles. The molecule has 1 N–H and O–H groups in total. The van der Waals surface area contributed by atoms with Crippen LogP contribution in [0.5, 0.6) is 0 Å². The Balaban J connectivity index is 1.44. The Labute approximate surface area is 205 Å². The molecule has 3 fully saturated rings. The van der Waals surface area contributed by atoms with E-state index in [1.807, 2.05) is 11.8 Å². The van der Waals surface area contributed by atoms with Crippen LogP contribution < -0.4 is 0 Å². The van der Waals surface area contributed by atoms with E-state index >= 15 is 0 Å². The molecule has 1 unspecified atom stereocenters. The number of hydrogen-bond acceptors (Lipinski definition) is 4. The Morgan fingerprint density at radius 1 is 1.17 bits per heavy atom. The summed E-state index contributed by atoms with van der Waals surface area (Å²) in [6, 6.07) is 2.46. The SMILES string of the molecule is CCC1CN(C(=O)c2nn3c(C(F)(F)F)cc(C4CC4)cc3c2Cl)CC(=O)N1C1CCC(O)CC1. The summed E-state index contributed by atoms with van der Waals surface area (Å²) < 4.78 is 42.1. The van der Waals surface area contributed by atoms with Crippen molar-refractivity contribution in [1.29, 1.82) is 0 Å². The zero-order valence-electron chi connectivity index (χ0n) is 19.4. The minimum absolute atomic E-state index is 0.0158. The summed E-state index contributed by atoms with van der Waals surface area (Å²) in [7, 11) is 0. The summed E-state index contributed by atoms with van der Waals surface area (Å²) in [6.07, 6.45) is -0.0750. The van der Waals surface area contributed by atoms with Crippen LogP contribution in [0.4, 0.5) is 13.2 Å². The highest BCUT2D eigenvalue weighted by molar-refractivity contribution is 6.36. The Hall–Kier alpha value is -2.33. The first-order valence-corrected chi connectivity index (χ1v) is 12.5. The van der Waals surface area contributed by atoms with Crippen LogP contribution in [0.1, 0.15) is 79.5 Å². The Morgan fingerprint density at radius 2 is 1.86 bits per heavy atom. The van der Waals surface area contributed by atoms with E-state index in [1.165, 1.54) is 4.90 Å². The van der Waals surface area contributed by atoms with Gasteiger partial charge in [-0.05, 0) is 68.6 Å². The van der Waals surface area contributed by atoms with Crippen molar-refractivity contribution in [3.63, 3.8) is 0 Å². The van der Waals surface area contributed by atoms with E-state index in [2.05, 4.69) is 5.10 Å². The van der Waals surface area contributed by atoms with Crippen molar-refractivity contribution in [2.45, 2.75) is 82.2 Å². The summed E-state index contributed by atoms with van der Waals surface area (Å²) in [6.45, 7) is 2.01. The van der Waals surface area contributed by atoms with Crippen molar-refractivity contribution >= 4 is 28.9 Å². The topological polar surface area (TPSA) is 78.2 Å². The lowest BCUT2D eigenvalue weighted by Crippen LogP contribution is -2.61. The molecular weight excluding hydrogens is 485 g/mol. The lowest BCUT2D eigenvalue weighted by molar-refractivity contribution is -0.143. The maximum atomic E-state index is 13.8. The summed E-state index contributed by atoms with van der Waals surface area (Å²) in [5.74, 6) is -0.793. The molecule has 0 spiro atoms. The molecule has 0 radical (unpaired) electrons. The molecule has 35 heavy (non-hydrogen) atoms. The molecule has 11 heteroatoms. The summed E-state index contributed by atoms with van der Waals surface area (Å²) in [4.78, 5) is 29.7. The number of aliphatic hydroxyl groups excluding tert-OH is 1. The number of pyridine rings is 1. The molecule has 190 valence electrons. The minimum Gasteiger partial charge on any atom is -0.393 e. The third-order valence-corrected chi connectivity index (χ3v) is 7.87. The first kappa shape index (κ1) is 24.4. The van der Waals surface area contributed by atoms with Crippen LogP contribution >= 0.6 is 11.6 Å². The smallest absolute Gasteiger partial charge is 0.393 e. The van der Waals surface area contributed by atoms with Crippen LogP contribution in [0.2, 0.25) is 5.02 Å². The zero-order chi connectivity index (χ0) is 25.1. The maximum Gasteiger partial charge on any atom is 0.433 e. The van der Waals surface area contributed by atoms with Crippen LogP contribution in [-0.2, 0) is 11.0 Å². The normalized spacial score (nSPS) is 26.0. The first-order chi connectivity index (χ1) is 16.6. The maximum absolute atomic E-state index is 13.8. The fourth-order valence-electron chi connectivity index (χ4n) is 5.45. The van der Waals surface area contributed by atoms with Crippen molar-refractivity contribution < 1.29 is 27.9 Å². The third kappa shape index (κ3) is 4.50. The van der Waals surface area contributed by atoms with Crippen LogP contribution in [0.3, 0.4) is 0 Å². The van der Waals surface area contributed by atoms with E-state index in [4.69, 9.17) is 11.6 Å². The fraction of sp³-hybridized carbons (Fsp3) is 0.625. The van der Waals surface area contributed by atoms with E-state index in [-0.39, 0.29) is 59.3 Å². The van der Waals surface area contributed by atoms with E-state index in [0.717, 1.165) is 18.9 Å². The van der Waals surface area contributed by atoms with Gasteiger partial charge >= 0.3 is 6.18 Å². The molecule has 0 aromatic carbocycles. The molecule has 1 atom stereocenters. The van der Waals surface area contributed by atoms with Crippen molar-refractivity contribution in [2.24, 2.45) is 0 Å². The lowest BCUT2D eigenvalue weighted by atomic mass is 9.90.